The van der Waals surface area contributed by atoms with Gasteiger partial charge < -0.3 is 19.3 Å². The summed E-state index contributed by atoms with van der Waals surface area (Å²) in [6, 6.07) is 20.0. The fraction of sp³-hybridized carbons (Fsp3) is 0.368. The molecule has 0 bridgehead atoms. The van der Waals surface area contributed by atoms with Crippen molar-refractivity contribution >= 4 is 0 Å². The quantitative estimate of drug-likeness (QED) is 0.854. The Morgan fingerprint density at radius 2 is 1.52 bits per heavy atom. The molecule has 3 rings (SSSR count). The third kappa shape index (κ3) is 4.88. The van der Waals surface area contributed by atoms with Gasteiger partial charge >= 0.3 is 0 Å². The second kappa shape index (κ2) is 8.22. The standard InChI is InChI=1S/C19H22O4/c20-19-11-17(22-13-16-9-5-2-6-10-16)18(23-19)14-21-12-15-7-3-1-4-8-15/h1-10,17-20H,11-14H2/t17-,18+,19+/m0/s1. The van der Waals surface area contributed by atoms with E-state index in [-0.39, 0.29) is 12.2 Å². The van der Waals surface area contributed by atoms with Gasteiger partial charge in [0.15, 0.2) is 6.29 Å². The summed E-state index contributed by atoms with van der Waals surface area (Å²) < 4.78 is 17.1. The number of ether oxygens (including phenoxy) is 3. The summed E-state index contributed by atoms with van der Waals surface area (Å²) in [7, 11) is 0. The van der Waals surface area contributed by atoms with Crippen LogP contribution in [0, 0.1) is 0 Å². The lowest BCUT2D eigenvalue weighted by molar-refractivity contribution is -0.122. The molecule has 122 valence electrons. The van der Waals surface area contributed by atoms with E-state index in [2.05, 4.69) is 0 Å². The van der Waals surface area contributed by atoms with Crippen LogP contribution in [-0.2, 0) is 27.4 Å². The first-order chi connectivity index (χ1) is 11.3. The summed E-state index contributed by atoms with van der Waals surface area (Å²) in [5, 5.41) is 9.73. The lowest BCUT2D eigenvalue weighted by Gasteiger charge is -2.19. The fourth-order valence-corrected chi connectivity index (χ4v) is 2.66. The highest BCUT2D eigenvalue weighted by molar-refractivity contribution is 5.14. The molecule has 4 nitrogen and oxygen atoms in total. The Kier molecular flexibility index (Phi) is 5.77. The van der Waals surface area contributed by atoms with Crippen LogP contribution in [0.15, 0.2) is 60.7 Å². The van der Waals surface area contributed by atoms with E-state index in [1.54, 1.807) is 0 Å². The zero-order valence-corrected chi connectivity index (χ0v) is 13.0. The molecule has 23 heavy (non-hydrogen) atoms. The van der Waals surface area contributed by atoms with Gasteiger partial charge in [-0.3, -0.25) is 0 Å². The van der Waals surface area contributed by atoms with Gasteiger partial charge in [-0.05, 0) is 11.1 Å². The van der Waals surface area contributed by atoms with Gasteiger partial charge in [0.25, 0.3) is 0 Å². The second-order valence-electron chi connectivity index (χ2n) is 5.70. The number of aliphatic hydroxyl groups is 1. The minimum Gasteiger partial charge on any atom is -0.374 e. The van der Waals surface area contributed by atoms with Gasteiger partial charge in [0.2, 0.25) is 0 Å². The van der Waals surface area contributed by atoms with Crippen molar-refractivity contribution in [2.45, 2.75) is 38.1 Å². The molecule has 1 N–H and O–H groups in total. The van der Waals surface area contributed by atoms with Crippen molar-refractivity contribution in [2.24, 2.45) is 0 Å². The smallest absolute Gasteiger partial charge is 0.157 e. The molecule has 3 atom stereocenters. The summed E-state index contributed by atoms with van der Waals surface area (Å²) in [6.07, 6.45) is -0.689. The molecule has 0 aromatic heterocycles. The van der Waals surface area contributed by atoms with E-state index in [0.29, 0.717) is 26.2 Å². The predicted octanol–water partition coefficient (Wildman–Crippen LogP) is 2.90. The van der Waals surface area contributed by atoms with Crippen LogP contribution < -0.4 is 0 Å². The molecule has 2 aromatic rings. The Hall–Kier alpha value is -1.72. The average molecular weight is 314 g/mol. The zero-order chi connectivity index (χ0) is 15.9. The Morgan fingerprint density at radius 3 is 2.17 bits per heavy atom. The van der Waals surface area contributed by atoms with Crippen LogP contribution in [0.1, 0.15) is 17.5 Å². The van der Waals surface area contributed by atoms with Crippen LogP contribution in [0.5, 0.6) is 0 Å². The van der Waals surface area contributed by atoms with E-state index in [9.17, 15) is 5.11 Å². The van der Waals surface area contributed by atoms with E-state index in [0.717, 1.165) is 11.1 Å². The van der Waals surface area contributed by atoms with Crippen molar-refractivity contribution in [3.05, 3.63) is 71.8 Å². The highest BCUT2D eigenvalue weighted by atomic mass is 16.6. The number of hydrogen-bond acceptors (Lipinski definition) is 4. The van der Waals surface area contributed by atoms with Gasteiger partial charge in [-0.15, -0.1) is 0 Å². The molecule has 1 fully saturated rings. The average Bonchev–Trinajstić information content (AvgIpc) is 2.95. The Labute approximate surface area is 136 Å². The van der Waals surface area contributed by atoms with Crippen LogP contribution in [0.3, 0.4) is 0 Å². The Morgan fingerprint density at radius 1 is 0.913 bits per heavy atom. The molecule has 1 heterocycles. The highest BCUT2D eigenvalue weighted by Gasteiger charge is 2.35. The third-order valence-electron chi connectivity index (χ3n) is 3.88. The largest absolute Gasteiger partial charge is 0.374 e. The molecule has 1 aliphatic rings. The maximum Gasteiger partial charge on any atom is 0.157 e. The van der Waals surface area contributed by atoms with E-state index in [1.165, 1.54) is 0 Å². The van der Waals surface area contributed by atoms with E-state index < -0.39 is 6.29 Å². The van der Waals surface area contributed by atoms with Crippen LogP contribution in [0.4, 0.5) is 0 Å². The van der Waals surface area contributed by atoms with Crippen LogP contribution in [0.2, 0.25) is 0 Å². The summed E-state index contributed by atoms with van der Waals surface area (Å²) in [5.41, 5.74) is 2.23. The first-order valence-electron chi connectivity index (χ1n) is 7.92. The second-order valence-corrected chi connectivity index (χ2v) is 5.70. The lowest BCUT2D eigenvalue weighted by Crippen LogP contribution is -2.29. The molecule has 0 aliphatic carbocycles. The molecule has 2 aromatic carbocycles. The number of rotatable bonds is 7. The minimum absolute atomic E-state index is 0.152. The van der Waals surface area contributed by atoms with Gasteiger partial charge in [-0.2, -0.15) is 0 Å². The minimum atomic E-state index is -0.777. The molecule has 0 unspecified atom stereocenters. The third-order valence-corrected chi connectivity index (χ3v) is 3.88. The van der Waals surface area contributed by atoms with E-state index in [4.69, 9.17) is 14.2 Å². The van der Waals surface area contributed by atoms with Crippen molar-refractivity contribution in [2.75, 3.05) is 6.61 Å². The molecule has 0 spiro atoms. The predicted molar refractivity (Wildman–Crippen MR) is 86.6 cm³/mol. The summed E-state index contributed by atoms with van der Waals surface area (Å²) >= 11 is 0. The summed E-state index contributed by atoms with van der Waals surface area (Å²) in [6.45, 7) is 1.45. The van der Waals surface area contributed by atoms with Gasteiger partial charge in [0, 0.05) is 6.42 Å². The first kappa shape index (κ1) is 16.1. The zero-order valence-electron chi connectivity index (χ0n) is 13.0. The molecular weight excluding hydrogens is 292 g/mol. The number of hydrogen-bond donors (Lipinski definition) is 1. The molecule has 0 saturated carbocycles. The van der Waals surface area contributed by atoms with E-state index in [1.807, 2.05) is 60.7 Å². The summed E-state index contributed by atoms with van der Waals surface area (Å²) in [5.74, 6) is 0. The Bertz CT molecular complexity index is 572. The molecule has 1 aliphatic heterocycles. The Balaban J connectivity index is 1.47. The van der Waals surface area contributed by atoms with Gasteiger partial charge in [0.05, 0.1) is 25.9 Å². The topological polar surface area (TPSA) is 47.9 Å². The van der Waals surface area contributed by atoms with Gasteiger partial charge in [-0.25, -0.2) is 0 Å². The maximum atomic E-state index is 9.73. The van der Waals surface area contributed by atoms with Crippen LogP contribution in [-0.4, -0.2) is 30.2 Å². The SMILES string of the molecule is O[C@H]1C[C@H](OCc2ccccc2)[C@@H](COCc2ccccc2)O1. The van der Waals surface area contributed by atoms with Crippen molar-refractivity contribution in [1.29, 1.82) is 0 Å². The first-order valence-corrected chi connectivity index (χ1v) is 7.92. The van der Waals surface area contributed by atoms with Crippen molar-refractivity contribution in [3.8, 4) is 0 Å². The van der Waals surface area contributed by atoms with Crippen molar-refractivity contribution < 1.29 is 19.3 Å². The number of aliphatic hydroxyl groups excluding tert-OH is 1. The lowest BCUT2D eigenvalue weighted by atomic mass is 10.2. The normalized spacial score (nSPS) is 24.0. The van der Waals surface area contributed by atoms with Gasteiger partial charge in [-0.1, -0.05) is 60.7 Å². The molecule has 1 saturated heterocycles. The maximum absolute atomic E-state index is 9.73. The van der Waals surface area contributed by atoms with E-state index >= 15 is 0 Å². The van der Waals surface area contributed by atoms with Crippen LogP contribution in [0.25, 0.3) is 0 Å². The summed E-state index contributed by atoms with van der Waals surface area (Å²) in [4.78, 5) is 0. The fourth-order valence-electron chi connectivity index (χ4n) is 2.66. The van der Waals surface area contributed by atoms with Crippen molar-refractivity contribution in [3.63, 3.8) is 0 Å². The molecule has 4 heteroatoms. The monoisotopic (exact) mass is 314 g/mol. The molecule has 0 radical (unpaired) electrons. The van der Waals surface area contributed by atoms with Crippen molar-refractivity contribution in [1.82, 2.24) is 0 Å². The number of benzene rings is 2. The molecule has 0 amide bonds. The highest BCUT2D eigenvalue weighted by Crippen LogP contribution is 2.23. The van der Waals surface area contributed by atoms with Gasteiger partial charge in [0.1, 0.15) is 6.10 Å². The van der Waals surface area contributed by atoms with Crippen LogP contribution >= 0.6 is 0 Å². The molecular formula is C19H22O4.